The summed E-state index contributed by atoms with van der Waals surface area (Å²) in [4.78, 5) is 35.5. The van der Waals surface area contributed by atoms with Crippen molar-refractivity contribution in [3.63, 3.8) is 0 Å². The maximum atomic E-state index is 12.8. The Morgan fingerprint density at radius 2 is 1.69 bits per heavy atom. The maximum Gasteiger partial charge on any atom is 0.340 e. The van der Waals surface area contributed by atoms with Gasteiger partial charge in [-0.25, -0.2) is 13.2 Å². The van der Waals surface area contributed by atoms with Gasteiger partial charge in [-0.2, -0.15) is 4.31 Å². The first kappa shape index (κ1) is 23.7. The van der Waals surface area contributed by atoms with Crippen LogP contribution in [0.3, 0.4) is 0 Å². The molecule has 0 unspecified atom stereocenters. The van der Waals surface area contributed by atoms with Gasteiger partial charge in [0, 0.05) is 24.3 Å². The minimum Gasteiger partial charge on any atom is -0.452 e. The molecule has 1 aliphatic heterocycles. The van der Waals surface area contributed by atoms with E-state index < -0.39 is 34.4 Å². The number of benzene rings is 2. The molecule has 0 spiro atoms. The average molecular weight is 480 g/mol. The van der Waals surface area contributed by atoms with E-state index in [1.54, 1.807) is 0 Å². The normalized spacial score (nSPS) is 14.5. The minimum absolute atomic E-state index is 0.00930. The zero-order valence-electron chi connectivity index (χ0n) is 17.0. The Hall–Kier alpha value is -2.95. The third-order valence-electron chi connectivity index (χ3n) is 4.90. The highest BCUT2D eigenvalue weighted by atomic mass is 35.5. The van der Waals surface area contributed by atoms with Crippen LogP contribution in [0.5, 0.6) is 0 Å². The van der Waals surface area contributed by atoms with Crippen LogP contribution >= 0.6 is 11.6 Å². The van der Waals surface area contributed by atoms with Gasteiger partial charge in [0.1, 0.15) is 0 Å². The molecule has 1 saturated heterocycles. The summed E-state index contributed by atoms with van der Waals surface area (Å²) in [5, 5.41) is 2.51. The van der Waals surface area contributed by atoms with Gasteiger partial charge in [-0.1, -0.05) is 18.0 Å². The predicted molar refractivity (Wildman–Crippen MR) is 118 cm³/mol. The highest BCUT2D eigenvalue weighted by molar-refractivity contribution is 7.89. The van der Waals surface area contributed by atoms with Gasteiger partial charge in [-0.05, 0) is 55.3 Å². The van der Waals surface area contributed by atoms with Crippen LogP contribution in [-0.2, 0) is 19.6 Å². The van der Waals surface area contributed by atoms with Crippen LogP contribution in [0, 0.1) is 0 Å². The number of halogens is 1. The molecule has 0 aliphatic carbocycles. The van der Waals surface area contributed by atoms with E-state index in [1.165, 1.54) is 40.7 Å². The molecule has 0 saturated carbocycles. The number of ether oxygens (including phenoxy) is 1. The summed E-state index contributed by atoms with van der Waals surface area (Å²) in [6.07, 6.45) is 2.53. The van der Waals surface area contributed by atoms with Gasteiger partial charge in [0.25, 0.3) is 5.91 Å². The third kappa shape index (κ3) is 5.64. The first-order valence-electron chi connectivity index (χ1n) is 9.85. The molecule has 3 rings (SSSR count). The van der Waals surface area contributed by atoms with Crippen LogP contribution in [0.25, 0.3) is 0 Å². The van der Waals surface area contributed by atoms with Gasteiger partial charge in [0.05, 0.1) is 15.5 Å². The number of nitrogens with one attached hydrogen (secondary N) is 1. The van der Waals surface area contributed by atoms with Gasteiger partial charge in [-0.3, -0.25) is 9.59 Å². The average Bonchev–Trinajstić information content (AvgIpc) is 2.78. The van der Waals surface area contributed by atoms with E-state index >= 15 is 0 Å². The van der Waals surface area contributed by atoms with Gasteiger partial charge in [-0.15, -0.1) is 0 Å². The van der Waals surface area contributed by atoms with Crippen molar-refractivity contribution >= 4 is 45.1 Å². The van der Waals surface area contributed by atoms with Gasteiger partial charge < -0.3 is 15.8 Å². The number of nitrogens with zero attached hydrogens (tertiary/aromatic N) is 1. The van der Waals surface area contributed by atoms with E-state index in [0.29, 0.717) is 18.8 Å². The molecule has 0 bridgehead atoms. The van der Waals surface area contributed by atoms with Crippen molar-refractivity contribution in [1.29, 1.82) is 0 Å². The number of hydrogen-bond donors (Lipinski definition) is 2. The van der Waals surface area contributed by atoms with Crippen LogP contribution in [0.2, 0.25) is 5.02 Å². The molecule has 2 aromatic rings. The SMILES string of the molecule is NC(=O)c1ccc(NC(=O)COC(=O)c2cc(S(=O)(=O)N3CCCCC3)ccc2Cl)cc1. The second kappa shape index (κ2) is 10.1. The van der Waals surface area contributed by atoms with Crippen LogP contribution in [0.4, 0.5) is 5.69 Å². The smallest absolute Gasteiger partial charge is 0.340 e. The lowest BCUT2D eigenvalue weighted by Crippen LogP contribution is -2.35. The third-order valence-corrected chi connectivity index (χ3v) is 7.12. The summed E-state index contributed by atoms with van der Waals surface area (Å²) in [6.45, 7) is 0.229. The number of esters is 1. The number of amides is 2. The molecular weight excluding hydrogens is 458 g/mol. The number of primary amides is 1. The monoisotopic (exact) mass is 479 g/mol. The first-order chi connectivity index (χ1) is 15.2. The van der Waals surface area contributed by atoms with E-state index in [1.807, 2.05) is 0 Å². The molecule has 2 amide bonds. The molecule has 0 aromatic heterocycles. The Bertz CT molecular complexity index is 1130. The molecule has 11 heteroatoms. The molecule has 1 fully saturated rings. The van der Waals surface area contributed by atoms with Crippen LogP contribution in [0.1, 0.15) is 40.0 Å². The second-order valence-electron chi connectivity index (χ2n) is 7.17. The van der Waals surface area contributed by atoms with Crippen LogP contribution in [0.15, 0.2) is 47.4 Å². The number of nitrogens with two attached hydrogens (primary N) is 1. The van der Waals surface area contributed by atoms with E-state index in [-0.39, 0.29) is 21.0 Å². The van der Waals surface area contributed by atoms with Gasteiger partial charge in [0.2, 0.25) is 15.9 Å². The number of hydrogen-bond acceptors (Lipinski definition) is 6. The largest absolute Gasteiger partial charge is 0.452 e. The Balaban J connectivity index is 1.65. The second-order valence-corrected chi connectivity index (χ2v) is 9.52. The van der Waals surface area contributed by atoms with Crippen LogP contribution < -0.4 is 11.1 Å². The summed E-state index contributed by atoms with van der Waals surface area (Å²) in [6, 6.07) is 9.66. The predicted octanol–water partition coefficient (Wildman–Crippen LogP) is 2.41. The number of anilines is 1. The molecule has 0 radical (unpaired) electrons. The zero-order chi connectivity index (χ0) is 23.3. The van der Waals surface area contributed by atoms with Crippen molar-refractivity contribution in [3.8, 4) is 0 Å². The zero-order valence-corrected chi connectivity index (χ0v) is 18.6. The summed E-state index contributed by atoms with van der Waals surface area (Å²) in [5.41, 5.74) is 5.67. The fourth-order valence-corrected chi connectivity index (χ4v) is 4.94. The topological polar surface area (TPSA) is 136 Å². The molecule has 1 heterocycles. The Morgan fingerprint density at radius 3 is 2.31 bits per heavy atom. The minimum atomic E-state index is -3.76. The first-order valence-corrected chi connectivity index (χ1v) is 11.7. The summed E-state index contributed by atoms with van der Waals surface area (Å²) in [5.74, 6) is -2.15. The quantitative estimate of drug-likeness (QED) is 0.585. The number of sulfonamides is 1. The molecule has 3 N–H and O–H groups in total. The molecule has 9 nitrogen and oxygen atoms in total. The summed E-state index contributed by atoms with van der Waals surface area (Å²) >= 11 is 6.06. The Morgan fingerprint density at radius 1 is 1.03 bits per heavy atom. The lowest BCUT2D eigenvalue weighted by molar-refractivity contribution is -0.119. The van der Waals surface area contributed by atoms with Gasteiger partial charge >= 0.3 is 5.97 Å². The highest BCUT2D eigenvalue weighted by Crippen LogP contribution is 2.25. The number of carbonyl (C=O) groups excluding carboxylic acids is 3. The lowest BCUT2D eigenvalue weighted by Gasteiger charge is -2.26. The standard InChI is InChI=1S/C21H22ClN3O6S/c22-18-9-8-16(32(29,30)25-10-2-1-3-11-25)12-17(18)21(28)31-13-19(26)24-15-6-4-14(5-7-15)20(23)27/h4-9,12H,1-3,10-11,13H2,(H2,23,27)(H,24,26). The van der Waals surface area contributed by atoms with Crippen molar-refractivity contribution in [2.45, 2.75) is 24.2 Å². The van der Waals surface area contributed by atoms with Crippen molar-refractivity contribution in [1.82, 2.24) is 4.31 Å². The van der Waals surface area contributed by atoms with Crippen molar-refractivity contribution < 1.29 is 27.5 Å². The van der Waals surface area contributed by atoms with Crippen molar-refractivity contribution in [3.05, 3.63) is 58.6 Å². The number of carbonyl (C=O) groups is 3. The van der Waals surface area contributed by atoms with Crippen molar-refractivity contribution in [2.75, 3.05) is 25.0 Å². The fourth-order valence-electron chi connectivity index (χ4n) is 3.20. The molecule has 0 atom stereocenters. The molecule has 2 aromatic carbocycles. The molecule has 32 heavy (non-hydrogen) atoms. The number of rotatable bonds is 7. The van der Waals surface area contributed by atoms with Gasteiger partial charge in [0.15, 0.2) is 6.61 Å². The summed E-state index contributed by atoms with van der Waals surface area (Å²) in [7, 11) is -3.76. The highest BCUT2D eigenvalue weighted by Gasteiger charge is 2.27. The lowest BCUT2D eigenvalue weighted by atomic mass is 10.2. The molecular formula is C21H22ClN3O6S. The van der Waals surface area contributed by atoms with E-state index in [2.05, 4.69) is 5.32 Å². The van der Waals surface area contributed by atoms with E-state index in [9.17, 15) is 22.8 Å². The van der Waals surface area contributed by atoms with E-state index in [4.69, 9.17) is 22.1 Å². The van der Waals surface area contributed by atoms with E-state index in [0.717, 1.165) is 25.3 Å². The fraction of sp³-hybridized carbons (Fsp3) is 0.286. The maximum absolute atomic E-state index is 12.8. The Labute approximate surface area is 190 Å². The van der Waals surface area contributed by atoms with Crippen molar-refractivity contribution in [2.24, 2.45) is 5.73 Å². The molecule has 1 aliphatic rings. The number of piperidine rings is 1. The Kier molecular flexibility index (Phi) is 7.49. The molecule has 170 valence electrons. The summed E-state index contributed by atoms with van der Waals surface area (Å²) < 4.78 is 32.1. The van der Waals surface area contributed by atoms with Crippen LogP contribution in [-0.4, -0.2) is 50.2 Å².